The summed E-state index contributed by atoms with van der Waals surface area (Å²) < 4.78 is 42.2. The molecule has 2 heterocycles. The van der Waals surface area contributed by atoms with Crippen LogP contribution in [0.25, 0.3) is 5.69 Å². The number of halogens is 3. The lowest BCUT2D eigenvalue weighted by atomic mass is 10.1. The molecule has 0 unspecified atom stereocenters. The quantitative estimate of drug-likeness (QED) is 0.871. The van der Waals surface area contributed by atoms with Gasteiger partial charge < -0.3 is 10.2 Å². The van der Waals surface area contributed by atoms with Gasteiger partial charge in [-0.2, -0.15) is 18.3 Å². The van der Waals surface area contributed by atoms with Crippen LogP contribution in [0.15, 0.2) is 30.5 Å². The van der Waals surface area contributed by atoms with E-state index in [0.29, 0.717) is 18.5 Å². The molecule has 1 aromatic heterocycles. The summed E-state index contributed by atoms with van der Waals surface area (Å²) in [7, 11) is 0. The predicted octanol–water partition coefficient (Wildman–Crippen LogP) is 2.55. The maximum atomic E-state index is 13.8. The number of nitrogens with one attached hydrogen (secondary N) is 1. The Hall–Kier alpha value is -2.84. The van der Waals surface area contributed by atoms with E-state index in [2.05, 4.69) is 10.4 Å². The Labute approximate surface area is 154 Å². The van der Waals surface area contributed by atoms with Crippen LogP contribution in [-0.4, -0.2) is 45.6 Å². The standard InChI is InChI=1S/C18H19F3N4O2/c1-11-6-3-4-7-14(11)25-15(18(19,20)21)13(10-23-25)17(27)24-9-5-8-22-16(26)12(24)2/h3-4,6-7,10,12H,5,8-9H2,1-2H3,(H,22,26)/t12-/m0/s1. The van der Waals surface area contributed by atoms with Gasteiger partial charge in [-0.15, -0.1) is 0 Å². The predicted molar refractivity (Wildman–Crippen MR) is 91.4 cm³/mol. The Kier molecular flexibility index (Phi) is 4.95. The van der Waals surface area contributed by atoms with Crippen molar-refractivity contribution in [1.29, 1.82) is 0 Å². The van der Waals surface area contributed by atoms with Crippen molar-refractivity contribution in [2.24, 2.45) is 0 Å². The molecule has 0 radical (unpaired) electrons. The van der Waals surface area contributed by atoms with E-state index in [-0.39, 0.29) is 18.1 Å². The van der Waals surface area contributed by atoms with Gasteiger partial charge in [0.2, 0.25) is 5.91 Å². The second-order valence-corrected chi connectivity index (χ2v) is 6.42. The summed E-state index contributed by atoms with van der Waals surface area (Å²) >= 11 is 0. The molecule has 2 aromatic rings. The molecule has 144 valence electrons. The summed E-state index contributed by atoms with van der Waals surface area (Å²) in [6.45, 7) is 3.73. The number of hydrogen-bond donors (Lipinski definition) is 1. The first-order valence-electron chi connectivity index (χ1n) is 8.51. The van der Waals surface area contributed by atoms with Crippen LogP contribution in [0.3, 0.4) is 0 Å². The molecule has 9 heteroatoms. The third-order valence-corrected chi connectivity index (χ3v) is 4.59. The Morgan fingerprint density at radius 2 is 2.00 bits per heavy atom. The monoisotopic (exact) mass is 380 g/mol. The Morgan fingerprint density at radius 3 is 2.67 bits per heavy atom. The Morgan fingerprint density at radius 1 is 1.30 bits per heavy atom. The second kappa shape index (κ2) is 7.05. The van der Waals surface area contributed by atoms with Crippen molar-refractivity contribution in [2.45, 2.75) is 32.5 Å². The molecule has 1 N–H and O–H groups in total. The van der Waals surface area contributed by atoms with Crippen molar-refractivity contribution in [3.05, 3.63) is 47.3 Å². The van der Waals surface area contributed by atoms with Crippen molar-refractivity contribution < 1.29 is 22.8 Å². The van der Waals surface area contributed by atoms with Gasteiger partial charge in [0.05, 0.1) is 17.4 Å². The molecule has 1 aromatic carbocycles. The maximum absolute atomic E-state index is 13.8. The van der Waals surface area contributed by atoms with E-state index in [4.69, 9.17) is 0 Å². The van der Waals surface area contributed by atoms with Gasteiger partial charge in [-0.3, -0.25) is 9.59 Å². The highest BCUT2D eigenvalue weighted by Crippen LogP contribution is 2.35. The van der Waals surface area contributed by atoms with Crippen LogP contribution in [0.1, 0.15) is 35.0 Å². The first-order valence-corrected chi connectivity index (χ1v) is 8.51. The highest BCUT2D eigenvalue weighted by Gasteiger charge is 2.42. The van der Waals surface area contributed by atoms with Crippen molar-refractivity contribution in [3.8, 4) is 5.69 Å². The van der Waals surface area contributed by atoms with Crippen LogP contribution in [0.4, 0.5) is 13.2 Å². The molecular formula is C18H19F3N4O2. The van der Waals surface area contributed by atoms with Gasteiger partial charge in [0.25, 0.3) is 5.91 Å². The zero-order valence-corrected chi connectivity index (χ0v) is 14.9. The molecule has 1 atom stereocenters. The van der Waals surface area contributed by atoms with Gasteiger partial charge in [0, 0.05) is 13.1 Å². The molecule has 1 aliphatic heterocycles. The SMILES string of the molecule is Cc1ccccc1-n1ncc(C(=O)N2CCCNC(=O)[C@@H]2C)c1C(F)(F)F. The number of hydrogen-bond acceptors (Lipinski definition) is 3. The molecule has 1 fully saturated rings. The number of amides is 2. The van der Waals surface area contributed by atoms with Crippen LogP contribution in [0.5, 0.6) is 0 Å². The Balaban J connectivity index is 2.10. The van der Waals surface area contributed by atoms with E-state index in [1.807, 2.05) is 0 Å². The van der Waals surface area contributed by atoms with Crippen molar-refractivity contribution in [2.75, 3.05) is 13.1 Å². The van der Waals surface area contributed by atoms with E-state index >= 15 is 0 Å². The molecule has 0 spiro atoms. The summed E-state index contributed by atoms with van der Waals surface area (Å²) in [6, 6.07) is 5.63. The maximum Gasteiger partial charge on any atom is 0.434 e. The first kappa shape index (κ1) is 18.9. The minimum absolute atomic E-state index is 0.186. The normalized spacial score (nSPS) is 18.2. The number of aryl methyl sites for hydroxylation is 1. The fourth-order valence-corrected chi connectivity index (χ4v) is 3.14. The van der Waals surface area contributed by atoms with Crippen LogP contribution >= 0.6 is 0 Å². The third-order valence-electron chi connectivity index (χ3n) is 4.59. The van der Waals surface area contributed by atoms with E-state index in [1.54, 1.807) is 25.1 Å². The molecular weight excluding hydrogens is 361 g/mol. The molecule has 0 saturated carbocycles. The highest BCUT2D eigenvalue weighted by molar-refractivity contribution is 5.98. The van der Waals surface area contributed by atoms with Gasteiger partial charge >= 0.3 is 6.18 Å². The number of rotatable bonds is 2. The van der Waals surface area contributed by atoms with Crippen molar-refractivity contribution in [1.82, 2.24) is 20.0 Å². The van der Waals surface area contributed by atoms with Crippen LogP contribution in [0.2, 0.25) is 0 Å². The van der Waals surface area contributed by atoms with E-state index in [9.17, 15) is 22.8 Å². The first-order chi connectivity index (χ1) is 12.7. The zero-order chi connectivity index (χ0) is 19.8. The van der Waals surface area contributed by atoms with Gasteiger partial charge in [-0.1, -0.05) is 18.2 Å². The van der Waals surface area contributed by atoms with Crippen molar-refractivity contribution in [3.63, 3.8) is 0 Å². The molecule has 0 bridgehead atoms. The van der Waals surface area contributed by atoms with Gasteiger partial charge in [-0.25, -0.2) is 4.68 Å². The molecule has 3 rings (SSSR count). The fraction of sp³-hybridized carbons (Fsp3) is 0.389. The van der Waals surface area contributed by atoms with Gasteiger partial charge in [0.1, 0.15) is 6.04 Å². The number of carbonyl (C=O) groups is 2. The lowest BCUT2D eigenvalue weighted by Gasteiger charge is -2.25. The molecule has 0 aliphatic carbocycles. The number of nitrogens with zero attached hydrogens (tertiary/aromatic N) is 3. The largest absolute Gasteiger partial charge is 0.434 e. The summed E-state index contributed by atoms with van der Waals surface area (Å²) in [6.07, 6.45) is -3.40. The summed E-state index contributed by atoms with van der Waals surface area (Å²) in [5.41, 5.74) is -0.871. The third kappa shape index (κ3) is 3.54. The summed E-state index contributed by atoms with van der Waals surface area (Å²) in [5.74, 6) is -1.24. The number of para-hydroxylation sites is 1. The lowest BCUT2D eigenvalue weighted by molar-refractivity contribution is -0.143. The van der Waals surface area contributed by atoms with E-state index in [0.717, 1.165) is 15.8 Å². The summed E-state index contributed by atoms with van der Waals surface area (Å²) in [5, 5.41) is 6.48. The van der Waals surface area contributed by atoms with Gasteiger partial charge in [0.15, 0.2) is 5.69 Å². The zero-order valence-electron chi connectivity index (χ0n) is 14.9. The van der Waals surface area contributed by atoms with E-state index in [1.165, 1.54) is 13.0 Å². The molecule has 27 heavy (non-hydrogen) atoms. The average molecular weight is 380 g/mol. The van der Waals surface area contributed by atoms with Crippen LogP contribution < -0.4 is 5.32 Å². The molecule has 6 nitrogen and oxygen atoms in total. The number of aromatic nitrogens is 2. The van der Waals surface area contributed by atoms with Crippen LogP contribution in [-0.2, 0) is 11.0 Å². The number of carbonyl (C=O) groups excluding carboxylic acids is 2. The fourth-order valence-electron chi connectivity index (χ4n) is 3.14. The minimum Gasteiger partial charge on any atom is -0.354 e. The van der Waals surface area contributed by atoms with Crippen LogP contribution in [0, 0.1) is 6.92 Å². The lowest BCUT2D eigenvalue weighted by Crippen LogP contribution is -2.45. The number of benzene rings is 1. The molecule has 1 aliphatic rings. The van der Waals surface area contributed by atoms with E-state index < -0.39 is 29.4 Å². The second-order valence-electron chi connectivity index (χ2n) is 6.42. The smallest absolute Gasteiger partial charge is 0.354 e. The summed E-state index contributed by atoms with van der Waals surface area (Å²) in [4.78, 5) is 26.0. The van der Waals surface area contributed by atoms with Gasteiger partial charge in [-0.05, 0) is 31.9 Å². The number of alkyl halides is 3. The Bertz CT molecular complexity index is 876. The van der Waals surface area contributed by atoms with Crippen molar-refractivity contribution >= 4 is 11.8 Å². The molecule has 1 saturated heterocycles. The highest BCUT2D eigenvalue weighted by atomic mass is 19.4. The topological polar surface area (TPSA) is 67.2 Å². The average Bonchev–Trinajstić information content (AvgIpc) is 2.99. The molecule has 2 amide bonds. The minimum atomic E-state index is -4.79.